The Morgan fingerprint density at radius 1 is 1.06 bits per heavy atom. The number of para-hydroxylation sites is 1. The van der Waals surface area contributed by atoms with Crippen molar-refractivity contribution in [2.45, 2.75) is 18.9 Å². The van der Waals surface area contributed by atoms with Crippen LogP contribution in [-0.2, 0) is 22.4 Å². The minimum Gasteiger partial charge on any atom is -0.493 e. The highest BCUT2D eigenvalue weighted by Gasteiger charge is 2.15. The average molecular weight is 492 g/mol. The van der Waals surface area contributed by atoms with E-state index in [1.165, 1.54) is 36.9 Å². The van der Waals surface area contributed by atoms with Crippen LogP contribution >= 0.6 is 22.7 Å². The molecule has 2 aromatic heterocycles. The third-order valence-corrected chi connectivity index (χ3v) is 6.08. The highest BCUT2D eigenvalue weighted by atomic mass is 32.1. The Labute approximate surface area is 199 Å². The van der Waals surface area contributed by atoms with Gasteiger partial charge in [-0.15, -0.1) is 22.7 Å². The van der Waals surface area contributed by atoms with Gasteiger partial charge in [-0.25, -0.2) is 4.98 Å². The van der Waals surface area contributed by atoms with Gasteiger partial charge in [0.2, 0.25) is 17.6 Å². The zero-order chi connectivity index (χ0) is 23.6. The summed E-state index contributed by atoms with van der Waals surface area (Å²) in [4.78, 5) is 29.5. The summed E-state index contributed by atoms with van der Waals surface area (Å²) in [6.07, 6.45) is -0.620. The van der Waals surface area contributed by atoms with Crippen molar-refractivity contribution in [3.05, 3.63) is 51.7 Å². The number of hydrogen-bond donors (Lipinski definition) is 3. The lowest BCUT2D eigenvalue weighted by atomic mass is 10.3. The minimum atomic E-state index is -0.939. The van der Waals surface area contributed by atoms with Gasteiger partial charge in [0.15, 0.2) is 16.6 Å². The Balaban J connectivity index is 1.41. The standard InChI is InChI=1S/C22H25N3O6S2/c1-29-17-6-3-7-18(30-2)21(17)31-12-15(26)11-23-19(27)9-14-13-33-22(24-14)25-20(28)10-16-5-4-8-32-16/h3-8,13,15,26H,9-12H2,1-2H3,(H,23,27)(H,24,25,28). The van der Waals surface area contributed by atoms with Crippen LogP contribution in [0.2, 0.25) is 0 Å². The molecule has 0 aliphatic carbocycles. The third kappa shape index (κ3) is 7.45. The molecule has 1 aromatic carbocycles. The van der Waals surface area contributed by atoms with E-state index in [4.69, 9.17) is 14.2 Å². The summed E-state index contributed by atoms with van der Waals surface area (Å²) in [5, 5.41) is 19.6. The molecule has 3 aromatic rings. The highest BCUT2D eigenvalue weighted by molar-refractivity contribution is 7.14. The minimum absolute atomic E-state index is 0.00480. The van der Waals surface area contributed by atoms with Crippen LogP contribution in [0, 0.1) is 0 Å². The topological polar surface area (TPSA) is 119 Å². The van der Waals surface area contributed by atoms with Gasteiger partial charge in [-0.3, -0.25) is 9.59 Å². The summed E-state index contributed by atoms with van der Waals surface area (Å²) in [5.74, 6) is 0.882. The Bertz CT molecular complexity index is 1030. The first-order valence-corrected chi connectivity index (χ1v) is 11.8. The maximum absolute atomic E-state index is 12.2. The fourth-order valence-electron chi connectivity index (χ4n) is 2.84. The van der Waals surface area contributed by atoms with Gasteiger partial charge in [-0.2, -0.15) is 0 Å². The maximum atomic E-state index is 12.2. The molecule has 1 unspecified atom stereocenters. The van der Waals surface area contributed by atoms with Crippen molar-refractivity contribution < 1.29 is 28.9 Å². The first-order valence-electron chi connectivity index (χ1n) is 10.0. The number of thiophene rings is 1. The van der Waals surface area contributed by atoms with E-state index in [-0.39, 0.29) is 37.8 Å². The molecule has 11 heteroatoms. The van der Waals surface area contributed by atoms with E-state index >= 15 is 0 Å². The summed E-state index contributed by atoms with van der Waals surface area (Å²) >= 11 is 2.77. The van der Waals surface area contributed by atoms with E-state index in [2.05, 4.69) is 15.6 Å². The van der Waals surface area contributed by atoms with Crippen molar-refractivity contribution in [3.8, 4) is 17.2 Å². The number of nitrogens with zero attached hydrogens (tertiary/aromatic N) is 1. The normalized spacial score (nSPS) is 11.5. The number of benzene rings is 1. The number of aromatic nitrogens is 1. The Morgan fingerprint density at radius 3 is 2.48 bits per heavy atom. The molecule has 0 bridgehead atoms. The first-order chi connectivity index (χ1) is 16.0. The monoisotopic (exact) mass is 491 g/mol. The van der Waals surface area contributed by atoms with E-state index in [1.807, 2.05) is 17.5 Å². The van der Waals surface area contributed by atoms with Crippen LogP contribution in [0.1, 0.15) is 10.6 Å². The zero-order valence-electron chi connectivity index (χ0n) is 18.2. The number of ether oxygens (including phenoxy) is 3. The molecule has 0 fully saturated rings. The van der Waals surface area contributed by atoms with Gasteiger partial charge in [0.1, 0.15) is 12.7 Å². The number of rotatable bonds is 12. The number of nitrogens with one attached hydrogen (secondary N) is 2. The number of carbonyl (C=O) groups excluding carboxylic acids is 2. The molecule has 0 spiro atoms. The summed E-state index contributed by atoms with van der Waals surface area (Å²) in [7, 11) is 3.02. The number of aliphatic hydroxyl groups is 1. The molecule has 1 atom stereocenters. The molecular formula is C22H25N3O6S2. The van der Waals surface area contributed by atoms with Crippen molar-refractivity contribution in [1.29, 1.82) is 0 Å². The quantitative estimate of drug-likeness (QED) is 0.356. The Kier molecular flexibility index (Phi) is 9.04. The number of aliphatic hydroxyl groups excluding tert-OH is 1. The molecule has 0 radical (unpaired) electrons. The van der Waals surface area contributed by atoms with Crippen molar-refractivity contribution in [1.82, 2.24) is 10.3 Å². The Hall–Kier alpha value is -3.15. The van der Waals surface area contributed by atoms with Crippen LogP contribution in [0.25, 0.3) is 0 Å². The molecule has 0 saturated carbocycles. The lowest BCUT2D eigenvalue weighted by molar-refractivity contribution is -0.121. The largest absolute Gasteiger partial charge is 0.493 e. The number of carbonyl (C=O) groups is 2. The van der Waals surface area contributed by atoms with Crippen LogP contribution in [0.5, 0.6) is 17.2 Å². The number of anilines is 1. The third-order valence-electron chi connectivity index (χ3n) is 4.39. The maximum Gasteiger partial charge on any atom is 0.231 e. The van der Waals surface area contributed by atoms with Crippen LogP contribution in [0.15, 0.2) is 41.1 Å². The van der Waals surface area contributed by atoms with Crippen molar-refractivity contribution in [2.75, 3.05) is 32.7 Å². The number of methoxy groups -OCH3 is 2. The number of thiazole rings is 1. The average Bonchev–Trinajstić information content (AvgIpc) is 3.47. The van der Waals surface area contributed by atoms with E-state index in [9.17, 15) is 14.7 Å². The van der Waals surface area contributed by atoms with Gasteiger partial charge in [0, 0.05) is 16.8 Å². The molecule has 0 aliphatic rings. The lowest BCUT2D eigenvalue weighted by Crippen LogP contribution is -2.36. The van der Waals surface area contributed by atoms with Gasteiger partial charge in [-0.1, -0.05) is 12.1 Å². The molecule has 9 nitrogen and oxygen atoms in total. The highest BCUT2D eigenvalue weighted by Crippen LogP contribution is 2.36. The fourth-order valence-corrected chi connectivity index (χ4v) is 4.27. The molecule has 2 heterocycles. The summed E-state index contributed by atoms with van der Waals surface area (Å²) < 4.78 is 16.1. The summed E-state index contributed by atoms with van der Waals surface area (Å²) in [5.41, 5.74) is 0.536. The second-order valence-electron chi connectivity index (χ2n) is 6.89. The smallest absolute Gasteiger partial charge is 0.231 e. The van der Waals surface area contributed by atoms with E-state index < -0.39 is 6.10 Å². The fraction of sp³-hybridized carbons (Fsp3) is 0.318. The van der Waals surface area contributed by atoms with Gasteiger partial charge < -0.3 is 30.0 Å². The van der Waals surface area contributed by atoms with Crippen LogP contribution < -0.4 is 24.8 Å². The zero-order valence-corrected chi connectivity index (χ0v) is 19.8. The molecule has 3 rings (SSSR count). The summed E-state index contributed by atoms with van der Waals surface area (Å²) in [6, 6.07) is 9.00. The van der Waals surface area contributed by atoms with Crippen molar-refractivity contribution in [3.63, 3.8) is 0 Å². The van der Waals surface area contributed by atoms with E-state index in [0.717, 1.165) is 4.88 Å². The van der Waals surface area contributed by atoms with Gasteiger partial charge >= 0.3 is 0 Å². The SMILES string of the molecule is COc1cccc(OC)c1OCC(O)CNC(=O)Cc1csc(NC(=O)Cc2cccs2)n1. The molecule has 176 valence electrons. The molecular weight excluding hydrogens is 466 g/mol. The second-order valence-corrected chi connectivity index (χ2v) is 8.78. The molecule has 33 heavy (non-hydrogen) atoms. The van der Waals surface area contributed by atoms with Gasteiger partial charge in [0.05, 0.1) is 32.8 Å². The van der Waals surface area contributed by atoms with E-state index in [1.54, 1.807) is 23.6 Å². The number of hydrogen-bond acceptors (Lipinski definition) is 9. The molecule has 3 N–H and O–H groups in total. The Morgan fingerprint density at radius 2 is 1.82 bits per heavy atom. The molecule has 2 amide bonds. The predicted molar refractivity (Wildman–Crippen MR) is 127 cm³/mol. The lowest BCUT2D eigenvalue weighted by Gasteiger charge is -2.17. The molecule has 0 aliphatic heterocycles. The number of amides is 2. The van der Waals surface area contributed by atoms with Gasteiger partial charge in [-0.05, 0) is 23.6 Å². The predicted octanol–water partition coefficient (Wildman–Crippen LogP) is 2.50. The second kappa shape index (κ2) is 12.2. The van der Waals surface area contributed by atoms with Crippen LogP contribution in [0.3, 0.4) is 0 Å². The van der Waals surface area contributed by atoms with Crippen LogP contribution in [-0.4, -0.2) is 55.4 Å². The molecule has 0 saturated heterocycles. The van der Waals surface area contributed by atoms with Gasteiger partial charge in [0.25, 0.3) is 0 Å². The van der Waals surface area contributed by atoms with Crippen molar-refractivity contribution in [2.24, 2.45) is 0 Å². The van der Waals surface area contributed by atoms with Crippen molar-refractivity contribution >= 4 is 39.6 Å². The van der Waals surface area contributed by atoms with Crippen LogP contribution in [0.4, 0.5) is 5.13 Å². The summed E-state index contributed by atoms with van der Waals surface area (Å²) in [6.45, 7) is -0.0566. The van der Waals surface area contributed by atoms with E-state index in [0.29, 0.717) is 28.1 Å². The first kappa shape index (κ1) is 24.5.